The number of Topliss-reactive ketones (excluding diaryl/α,β-unsaturated/α-hetero) is 1. The lowest BCUT2D eigenvalue weighted by Gasteiger charge is -2.68. The molecule has 2 bridgehead atoms. The molecule has 1 saturated heterocycles. The van der Waals surface area contributed by atoms with Crippen LogP contribution in [-0.4, -0.2) is 121 Å². The van der Waals surface area contributed by atoms with Gasteiger partial charge in [0, 0.05) is 50.7 Å². The molecule has 11 atom stereocenters. The first-order valence-corrected chi connectivity index (χ1v) is 29.8. The van der Waals surface area contributed by atoms with Gasteiger partial charge in [-0.1, -0.05) is 111 Å². The van der Waals surface area contributed by atoms with Gasteiger partial charge < -0.3 is 52.8 Å². The number of aliphatic hydroxyl groups excluding tert-OH is 1. The molecule has 1 aliphatic heterocycles. The molecule has 0 aromatic heterocycles. The zero-order valence-electron chi connectivity index (χ0n) is 46.3. The number of esters is 5. The van der Waals surface area contributed by atoms with Crippen LogP contribution < -0.4 is 5.32 Å². The van der Waals surface area contributed by atoms with Gasteiger partial charge in [0.05, 0.1) is 35.6 Å². The summed E-state index contributed by atoms with van der Waals surface area (Å²) in [5, 5.41) is 29.0. The Labute approximate surface area is 466 Å². The van der Waals surface area contributed by atoms with E-state index in [9.17, 15) is 39.0 Å². The molecule has 8 rings (SSSR count). The number of nitrogens with one attached hydrogen (secondary N) is 1. The maximum atomic E-state index is 16.5. The van der Waals surface area contributed by atoms with Gasteiger partial charge in [0.15, 0.2) is 23.6 Å². The topological polar surface area (TPSA) is 246 Å². The van der Waals surface area contributed by atoms with Crippen molar-refractivity contribution in [3.63, 3.8) is 0 Å². The first-order valence-electron chi connectivity index (χ1n) is 27.0. The molecule has 0 radical (unpaired) electrons. The number of aliphatic hydroxyl groups is 2. The van der Waals surface area contributed by atoms with Crippen LogP contribution in [0.4, 0.5) is 0 Å². The molecule has 80 heavy (non-hydrogen) atoms. The molecule has 0 spiro atoms. The number of ketones is 1. The third kappa shape index (κ3) is 11.9. The van der Waals surface area contributed by atoms with Gasteiger partial charge in [0.2, 0.25) is 0 Å². The van der Waals surface area contributed by atoms with Crippen molar-refractivity contribution in [2.45, 2.75) is 147 Å². The predicted octanol–water partition coefficient (Wildman–Crippen LogP) is 7.39. The monoisotopic (exact) mass is 1120 g/mol. The summed E-state index contributed by atoms with van der Waals surface area (Å²) in [7, 11) is -3.38. The smallest absolute Gasteiger partial charge is 0.338 e. The molecule has 4 aromatic rings. The number of fused-ring (bicyclic) bond motifs is 5. The fourth-order valence-corrected chi connectivity index (χ4v) is 13.9. The summed E-state index contributed by atoms with van der Waals surface area (Å²) in [4.78, 5) is 99.2. The summed E-state index contributed by atoms with van der Waals surface area (Å²) < 4.78 is 50.6. The minimum atomic E-state index is -3.38. The number of benzene rings is 4. The summed E-state index contributed by atoms with van der Waals surface area (Å²) in [6.07, 6.45) is -9.12. The highest BCUT2D eigenvalue weighted by Gasteiger charge is 2.79. The van der Waals surface area contributed by atoms with Crippen LogP contribution >= 0.6 is 0 Å². The van der Waals surface area contributed by atoms with Crippen molar-refractivity contribution in [2.24, 2.45) is 16.7 Å². The van der Waals surface area contributed by atoms with Crippen molar-refractivity contribution in [3.05, 3.63) is 155 Å². The number of unbranched alkanes of at least 4 members (excludes halogenated alkanes) is 1. The lowest BCUT2D eigenvalue weighted by atomic mass is 9.44. The number of carbonyl (C=O) groups excluding carboxylic acids is 7. The van der Waals surface area contributed by atoms with E-state index in [1.165, 1.54) is 19.1 Å². The highest BCUT2D eigenvalue weighted by Crippen LogP contribution is 2.65. The Balaban J connectivity index is 1.20. The van der Waals surface area contributed by atoms with Crippen LogP contribution in [0.15, 0.2) is 132 Å². The second-order valence-corrected chi connectivity index (χ2v) is 25.6. The van der Waals surface area contributed by atoms with Crippen molar-refractivity contribution in [1.29, 1.82) is 0 Å². The molecule has 18 nitrogen and oxygen atoms in total. The Kier molecular flexibility index (Phi) is 17.8. The summed E-state index contributed by atoms with van der Waals surface area (Å²) in [6, 6.07) is 32.4. The van der Waals surface area contributed by atoms with Gasteiger partial charge in [-0.2, -0.15) is 0 Å². The molecule has 1 heterocycles. The fraction of sp³-hybridized carbons (Fsp3) is 0.459. The predicted molar refractivity (Wildman–Crippen MR) is 290 cm³/mol. The summed E-state index contributed by atoms with van der Waals surface area (Å²) >= 11 is 0. The van der Waals surface area contributed by atoms with Crippen LogP contribution in [-0.2, 0) is 67.9 Å². The van der Waals surface area contributed by atoms with E-state index in [0.717, 1.165) is 12.5 Å². The van der Waals surface area contributed by atoms with Crippen LogP contribution in [0.2, 0.25) is 13.1 Å². The van der Waals surface area contributed by atoms with E-state index in [4.69, 9.17) is 37.3 Å². The van der Waals surface area contributed by atoms with E-state index in [-0.39, 0.29) is 60.9 Å². The molecule has 4 aromatic carbocycles. The average Bonchev–Trinajstić information content (AvgIpc) is 2.02. The largest absolute Gasteiger partial charge is 0.461 e. The third-order valence-corrected chi connectivity index (χ3v) is 18.1. The molecule has 2 saturated carbocycles. The van der Waals surface area contributed by atoms with Gasteiger partial charge in [-0.05, 0) is 86.3 Å². The van der Waals surface area contributed by atoms with E-state index < -0.39 is 121 Å². The normalized spacial score (nSPS) is 27.4. The molecule has 426 valence electrons. The van der Waals surface area contributed by atoms with E-state index in [0.29, 0.717) is 18.4 Å². The number of hydrogen-bond donors (Lipinski definition) is 3. The molecule has 1 amide bonds. The lowest BCUT2D eigenvalue weighted by Crippen LogP contribution is -2.82. The Morgan fingerprint density at radius 3 is 1.98 bits per heavy atom. The van der Waals surface area contributed by atoms with Crippen LogP contribution in [0.25, 0.3) is 0 Å². The van der Waals surface area contributed by atoms with Crippen LogP contribution in [0.3, 0.4) is 0 Å². The maximum Gasteiger partial charge on any atom is 0.338 e. The highest BCUT2D eigenvalue weighted by molar-refractivity contribution is 6.64. The average molecular weight is 1120 g/mol. The molecule has 4 aliphatic rings. The van der Waals surface area contributed by atoms with Gasteiger partial charge in [0.1, 0.15) is 30.5 Å². The minimum Gasteiger partial charge on any atom is -0.461 e. The van der Waals surface area contributed by atoms with Gasteiger partial charge in [0.25, 0.3) is 5.91 Å². The van der Waals surface area contributed by atoms with Crippen LogP contribution in [0.5, 0.6) is 0 Å². The maximum absolute atomic E-state index is 16.5. The third-order valence-electron chi connectivity index (χ3n) is 16.3. The molecular formula is C61H71NO17Si. The Morgan fingerprint density at radius 2 is 1.39 bits per heavy atom. The Morgan fingerprint density at radius 1 is 0.787 bits per heavy atom. The quantitative estimate of drug-likeness (QED) is 0.0257. The highest BCUT2D eigenvalue weighted by atomic mass is 28.4. The van der Waals surface area contributed by atoms with Gasteiger partial charge in [-0.25, -0.2) is 9.59 Å². The van der Waals surface area contributed by atoms with Crippen molar-refractivity contribution >= 4 is 50.1 Å². The number of ether oxygens (including phenoxy) is 6. The minimum absolute atomic E-state index is 0.0125. The van der Waals surface area contributed by atoms with Gasteiger partial charge >= 0.3 is 38.4 Å². The molecule has 3 aliphatic carbocycles. The van der Waals surface area contributed by atoms with E-state index in [2.05, 4.69) is 5.32 Å². The lowest BCUT2D eigenvalue weighted by molar-refractivity contribution is -0.345. The molecular weight excluding hydrogens is 1050 g/mol. The second-order valence-electron chi connectivity index (χ2n) is 22.3. The fourth-order valence-electron chi connectivity index (χ4n) is 12.2. The summed E-state index contributed by atoms with van der Waals surface area (Å²) in [6.45, 7) is 12.2. The zero-order valence-corrected chi connectivity index (χ0v) is 47.3. The summed E-state index contributed by atoms with van der Waals surface area (Å²) in [5.41, 5.74) is -6.23. The van der Waals surface area contributed by atoms with E-state index in [1.807, 2.05) is 30.3 Å². The molecule has 3 fully saturated rings. The van der Waals surface area contributed by atoms with Crippen molar-refractivity contribution in [2.75, 3.05) is 13.2 Å². The molecule has 1 unspecified atom stereocenters. The molecule has 19 heteroatoms. The number of hydrogen-bond acceptors (Lipinski definition) is 17. The number of carbonyl (C=O) groups is 7. The Bertz CT molecular complexity index is 2960. The zero-order chi connectivity index (χ0) is 57.8. The summed E-state index contributed by atoms with van der Waals surface area (Å²) in [5.74, 6) is -7.13. The SMILES string of the molecule is CC(=O)O[C@H]1C(=O)[C@@]2(C)C([C@H](OC(=O)c3ccccc3)[C@]3(O)C[C@H](OC(=O)[C@H](O)[C@@H](NC(=O)c4ccccc4)c4ccccc4)C(C)=C1C3(C)C)[C@]1(OC(C)=O)CO[C@@H]1C[C@@H]2O[Si](C)(C)OCCCCC(=O)OCc1ccccc1. The second kappa shape index (κ2) is 24.1. The first kappa shape index (κ1) is 59.3. The standard InChI is InChI=1S/C61H71NO17Si/c1-37-44(76-57(70)50(66)49(41-25-15-10-16-26-41)62-55(68)42-27-17-11-18-28-42)34-61(71)54(77-56(69)43-29-19-12-20-30-43)52-59(6,53(67)51(75-38(2)63)48(37)58(61,4)5)45(33-46-60(52,36-73-46)78-39(3)64)79-80(7,8)74-32-22-21-31-47(65)72-35-40-23-13-9-14-24-40/h9-20,23-30,44-46,49-52,54,66,71H,21-22,31-36H2,1-8H3,(H,62,68)/t44-,45-,46+,49-,50+,51+,52?,54-,59+,60-,61+/m0/s1. The number of rotatable bonds is 20. The van der Waals surface area contributed by atoms with Crippen molar-refractivity contribution in [1.82, 2.24) is 5.32 Å². The van der Waals surface area contributed by atoms with Crippen molar-refractivity contribution in [3.8, 4) is 0 Å². The van der Waals surface area contributed by atoms with Crippen LogP contribution in [0.1, 0.15) is 112 Å². The number of amides is 1. The van der Waals surface area contributed by atoms with E-state index in [1.54, 1.807) is 120 Å². The molecule has 3 N–H and O–H groups in total. The Hall–Kier alpha value is -6.87. The van der Waals surface area contributed by atoms with Gasteiger partial charge in [-0.3, -0.25) is 24.0 Å². The first-order chi connectivity index (χ1) is 37.9. The van der Waals surface area contributed by atoms with E-state index >= 15 is 4.79 Å². The van der Waals surface area contributed by atoms with Crippen LogP contribution in [0, 0.1) is 16.7 Å². The van der Waals surface area contributed by atoms with Crippen molar-refractivity contribution < 1.29 is 81.0 Å². The van der Waals surface area contributed by atoms with Gasteiger partial charge in [-0.15, -0.1) is 0 Å².